The van der Waals surface area contributed by atoms with Gasteiger partial charge in [0.05, 0.1) is 5.69 Å². The lowest BCUT2D eigenvalue weighted by Crippen LogP contribution is -2.29. The van der Waals surface area contributed by atoms with Crippen LogP contribution in [0.25, 0.3) is 0 Å². The molecule has 0 saturated heterocycles. The molecule has 17 heavy (non-hydrogen) atoms. The van der Waals surface area contributed by atoms with Crippen molar-refractivity contribution in [1.29, 1.82) is 0 Å². The van der Waals surface area contributed by atoms with Crippen molar-refractivity contribution in [1.82, 2.24) is 15.1 Å². The lowest BCUT2D eigenvalue weighted by atomic mass is 10.2. The molecule has 1 aromatic heterocycles. The Bertz CT molecular complexity index is 312. The van der Waals surface area contributed by atoms with Gasteiger partial charge in [-0.3, -0.25) is 4.68 Å². The third kappa shape index (κ3) is 4.85. The van der Waals surface area contributed by atoms with E-state index < -0.39 is 6.10 Å². The summed E-state index contributed by atoms with van der Waals surface area (Å²) in [6.07, 6.45) is 2.11. The Kier molecular flexibility index (Phi) is 6.18. The number of nitrogens with one attached hydrogen (secondary N) is 1. The summed E-state index contributed by atoms with van der Waals surface area (Å²) >= 11 is 0. The Morgan fingerprint density at radius 3 is 2.94 bits per heavy atom. The maximum atomic E-state index is 10.0. The lowest BCUT2D eigenvalue weighted by molar-refractivity contribution is 0.156. The van der Waals surface area contributed by atoms with Crippen LogP contribution < -0.4 is 5.32 Å². The number of aryl methyl sites for hydroxylation is 1. The molecule has 0 fully saturated rings. The van der Waals surface area contributed by atoms with Gasteiger partial charge >= 0.3 is 0 Å². The quantitative estimate of drug-likeness (QED) is 0.665. The van der Waals surface area contributed by atoms with Crippen LogP contribution in [0.1, 0.15) is 32.1 Å². The van der Waals surface area contributed by atoms with Crippen molar-refractivity contribution in [3.63, 3.8) is 0 Å². The molecule has 2 N–H and O–H groups in total. The first-order valence-electron chi connectivity index (χ1n) is 6.07. The topological polar surface area (TPSA) is 59.3 Å². The highest BCUT2D eigenvalue weighted by Gasteiger charge is 2.12. The molecule has 0 aromatic carbocycles. The second-order valence-corrected chi connectivity index (χ2v) is 4.40. The SMILES string of the molecule is COCCCn1nccc1C(O)CNC(C)C. The number of ether oxygens (including phenoxy) is 1. The first kappa shape index (κ1) is 14.2. The van der Waals surface area contributed by atoms with Gasteiger partial charge in [-0.15, -0.1) is 0 Å². The molecule has 0 aliphatic carbocycles. The van der Waals surface area contributed by atoms with Gasteiger partial charge in [-0.1, -0.05) is 13.8 Å². The number of aromatic nitrogens is 2. The summed E-state index contributed by atoms with van der Waals surface area (Å²) in [5.74, 6) is 0. The molecule has 0 aliphatic rings. The van der Waals surface area contributed by atoms with E-state index in [0.29, 0.717) is 19.2 Å². The highest BCUT2D eigenvalue weighted by molar-refractivity contribution is 5.05. The molecule has 1 atom stereocenters. The van der Waals surface area contributed by atoms with Crippen LogP contribution in [0.5, 0.6) is 0 Å². The van der Waals surface area contributed by atoms with Crippen LogP contribution in [-0.4, -0.2) is 41.2 Å². The Morgan fingerprint density at radius 2 is 2.29 bits per heavy atom. The Balaban J connectivity index is 2.48. The van der Waals surface area contributed by atoms with Crippen LogP contribution in [0.3, 0.4) is 0 Å². The van der Waals surface area contributed by atoms with E-state index in [9.17, 15) is 5.11 Å². The van der Waals surface area contributed by atoms with Gasteiger partial charge in [0.2, 0.25) is 0 Å². The fraction of sp³-hybridized carbons (Fsp3) is 0.750. The molecule has 1 unspecified atom stereocenters. The van der Waals surface area contributed by atoms with E-state index in [4.69, 9.17) is 4.74 Å². The maximum Gasteiger partial charge on any atom is 0.108 e. The minimum Gasteiger partial charge on any atom is -0.385 e. The first-order chi connectivity index (χ1) is 8.15. The third-order valence-corrected chi connectivity index (χ3v) is 2.53. The standard InChI is InChI=1S/C12H23N3O2/c1-10(2)13-9-12(16)11-5-6-14-15(11)7-4-8-17-3/h5-6,10,12-13,16H,4,7-9H2,1-3H3. The smallest absolute Gasteiger partial charge is 0.108 e. The van der Waals surface area contributed by atoms with Gasteiger partial charge in [-0.25, -0.2) is 0 Å². The van der Waals surface area contributed by atoms with Gasteiger partial charge in [-0.2, -0.15) is 5.10 Å². The van der Waals surface area contributed by atoms with E-state index in [0.717, 1.165) is 18.7 Å². The Hall–Kier alpha value is -0.910. The summed E-state index contributed by atoms with van der Waals surface area (Å²) in [5, 5.41) is 17.5. The van der Waals surface area contributed by atoms with Crippen LogP contribution >= 0.6 is 0 Å². The van der Waals surface area contributed by atoms with Crippen LogP contribution in [0, 0.1) is 0 Å². The van der Waals surface area contributed by atoms with Gasteiger partial charge < -0.3 is 15.2 Å². The molecule has 0 bridgehead atoms. The highest BCUT2D eigenvalue weighted by atomic mass is 16.5. The van der Waals surface area contributed by atoms with Gasteiger partial charge in [-0.05, 0) is 12.5 Å². The average molecular weight is 241 g/mol. The zero-order valence-corrected chi connectivity index (χ0v) is 10.9. The van der Waals surface area contributed by atoms with Crippen LogP contribution in [0.2, 0.25) is 0 Å². The van der Waals surface area contributed by atoms with Crippen LogP contribution in [0.4, 0.5) is 0 Å². The minimum absolute atomic E-state index is 0.370. The van der Waals surface area contributed by atoms with Crippen molar-refractivity contribution in [2.24, 2.45) is 0 Å². The van der Waals surface area contributed by atoms with Crippen molar-refractivity contribution in [2.45, 2.75) is 39.0 Å². The normalized spacial score (nSPS) is 13.2. The molecular weight excluding hydrogens is 218 g/mol. The second kappa shape index (κ2) is 7.42. The van der Waals surface area contributed by atoms with Crippen LogP contribution in [0.15, 0.2) is 12.3 Å². The molecule has 0 radical (unpaired) electrons. The summed E-state index contributed by atoms with van der Waals surface area (Å²) in [4.78, 5) is 0. The minimum atomic E-state index is -0.512. The monoisotopic (exact) mass is 241 g/mol. The summed E-state index contributed by atoms with van der Waals surface area (Å²) in [6.45, 7) is 6.15. The summed E-state index contributed by atoms with van der Waals surface area (Å²) in [5.41, 5.74) is 0.856. The molecular formula is C12H23N3O2. The zero-order valence-electron chi connectivity index (χ0n) is 10.9. The van der Waals surface area contributed by atoms with Gasteiger partial charge in [0.25, 0.3) is 0 Å². The van der Waals surface area contributed by atoms with E-state index in [-0.39, 0.29) is 0 Å². The molecule has 0 aliphatic heterocycles. The van der Waals surface area contributed by atoms with Crippen molar-refractivity contribution in [2.75, 3.05) is 20.3 Å². The lowest BCUT2D eigenvalue weighted by Gasteiger charge is -2.15. The Morgan fingerprint density at radius 1 is 1.53 bits per heavy atom. The Labute approximate surface area is 103 Å². The van der Waals surface area contributed by atoms with Crippen LogP contribution in [-0.2, 0) is 11.3 Å². The molecule has 5 heteroatoms. The molecule has 5 nitrogen and oxygen atoms in total. The number of hydrogen-bond acceptors (Lipinski definition) is 4. The van der Waals surface area contributed by atoms with Crippen molar-refractivity contribution >= 4 is 0 Å². The van der Waals surface area contributed by atoms with E-state index in [1.165, 1.54) is 0 Å². The van der Waals surface area contributed by atoms with E-state index in [2.05, 4.69) is 24.3 Å². The second-order valence-electron chi connectivity index (χ2n) is 4.40. The number of rotatable bonds is 8. The van der Waals surface area contributed by atoms with Gasteiger partial charge in [0, 0.05) is 39.0 Å². The summed E-state index contributed by atoms with van der Waals surface area (Å²) < 4.78 is 6.84. The molecule has 1 rings (SSSR count). The number of methoxy groups -OCH3 is 1. The molecule has 1 aromatic rings. The predicted octanol–water partition coefficient (Wildman–Crippen LogP) is 0.951. The maximum absolute atomic E-state index is 10.0. The summed E-state index contributed by atoms with van der Waals surface area (Å²) in [7, 11) is 1.69. The number of hydrogen-bond donors (Lipinski definition) is 2. The molecule has 1 heterocycles. The molecule has 0 amide bonds. The highest BCUT2D eigenvalue weighted by Crippen LogP contribution is 2.11. The van der Waals surface area contributed by atoms with Crippen molar-refractivity contribution in [3.05, 3.63) is 18.0 Å². The number of nitrogens with zero attached hydrogens (tertiary/aromatic N) is 2. The van der Waals surface area contributed by atoms with Crippen molar-refractivity contribution < 1.29 is 9.84 Å². The van der Waals surface area contributed by atoms with Gasteiger partial charge in [0.1, 0.15) is 6.10 Å². The van der Waals surface area contributed by atoms with Crippen molar-refractivity contribution in [3.8, 4) is 0 Å². The van der Waals surface area contributed by atoms with E-state index in [1.54, 1.807) is 13.3 Å². The van der Waals surface area contributed by atoms with Gasteiger partial charge in [0.15, 0.2) is 0 Å². The average Bonchev–Trinajstić information content (AvgIpc) is 2.74. The molecule has 98 valence electrons. The number of aliphatic hydroxyl groups is 1. The fourth-order valence-electron chi connectivity index (χ4n) is 1.62. The van der Waals surface area contributed by atoms with E-state index in [1.807, 2.05) is 10.7 Å². The fourth-order valence-corrected chi connectivity index (χ4v) is 1.62. The predicted molar refractivity (Wildman–Crippen MR) is 66.8 cm³/mol. The van der Waals surface area contributed by atoms with E-state index >= 15 is 0 Å². The molecule has 0 saturated carbocycles. The zero-order chi connectivity index (χ0) is 12.7. The third-order valence-electron chi connectivity index (χ3n) is 2.53. The first-order valence-corrected chi connectivity index (χ1v) is 6.07. The summed E-state index contributed by atoms with van der Waals surface area (Å²) in [6, 6.07) is 2.23. The largest absolute Gasteiger partial charge is 0.385 e. The molecule has 0 spiro atoms. The number of aliphatic hydroxyl groups excluding tert-OH is 1.